The lowest BCUT2D eigenvalue weighted by atomic mass is 10.0. The molecule has 1 aromatic carbocycles. The zero-order valence-corrected chi connectivity index (χ0v) is 15.5. The van der Waals surface area contributed by atoms with Crippen molar-refractivity contribution in [1.29, 1.82) is 0 Å². The number of likely N-dealkylation sites (tertiary alicyclic amines) is 1. The average Bonchev–Trinajstić information content (AvgIpc) is 3.05. The fraction of sp³-hybridized carbons (Fsp3) is 0.500. The molecule has 4 rings (SSSR count). The quantitative estimate of drug-likeness (QED) is 0.720. The van der Waals surface area contributed by atoms with Gasteiger partial charge in [-0.05, 0) is 45.1 Å². The summed E-state index contributed by atoms with van der Waals surface area (Å²) >= 11 is 0. The first-order valence-electron chi connectivity index (χ1n) is 9.18. The Balaban J connectivity index is 1.79. The highest BCUT2D eigenvalue weighted by Gasteiger charge is 2.23. The third kappa shape index (κ3) is 2.67. The predicted molar refractivity (Wildman–Crippen MR) is 102 cm³/mol. The van der Waals surface area contributed by atoms with Crippen molar-refractivity contribution in [3.05, 3.63) is 40.3 Å². The summed E-state index contributed by atoms with van der Waals surface area (Å²) in [5.74, 6) is 0. The minimum Gasteiger partial charge on any atom is -0.301 e. The van der Waals surface area contributed by atoms with E-state index in [2.05, 4.69) is 41.8 Å². The smallest absolute Gasteiger partial charge is 0.259 e. The fourth-order valence-electron chi connectivity index (χ4n) is 4.02. The molecule has 0 unspecified atom stereocenters. The Labute approximate surface area is 147 Å². The molecule has 0 N–H and O–H groups in total. The summed E-state index contributed by atoms with van der Waals surface area (Å²) in [5, 5.41) is 7.66. The van der Waals surface area contributed by atoms with Crippen LogP contribution in [0.3, 0.4) is 0 Å². The molecule has 1 aliphatic rings. The molecule has 0 aliphatic carbocycles. The molecular weight excluding hydrogens is 312 g/mol. The van der Waals surface area contributed by atoms with Crippen LogP contribution in [0.25, 0.3) is 21.8 Å². The number of fused-ring (bicyclic) bond motifs is 3. The van der Waals surface area contributed by atoms with Gasteiger partial charge in [-0.3, -0.25) is 14.0 Å². The molecule has 5 heteroatoms. The van der Waals surface area contributed by atoms with Crippen molar-refractivity contribution >= 4 is 21.8 Å². The first-order valence-corrected chi connectivity index (χ1v) is 9.18. The number of hydrogen-bond acceptors (Lipinski definition) is 3. The number of pyridine rings is 1. The molecule has 1 fully saturated rings. The SMILES string of the molecule is Cc1ccc2c(c1)c(=O)n(C)c1nn(C3CCN(C(C)C)CC3)cc21. The summed E-state index contributed by atoms with van der Waals surface area (Å²) in [6, 6.07) is 7.13. The van der Waals surface area contributed by atoms with E-state index in [-0.39, 0.29) is 5.56 Å². The average molecular weight is 338 g/mol. The number of piperidine rings is 1. The second-order valence-electron chi connectivity index (χ2n) is 7.62. The Morgan fingerprint density at radius 3 is 2.52 bits per heavy atom. The second kappa shape index (κ2) is 5.99. The van der Waals surface area contributed by atoms with Crippen molar-refractivity contribution in [3.63, 3.8) is 0 Å². The highest BCUT2D eigenvalue weighted by Crippen LogP contribution is 2.28. The lowest BCUT2D eigenvalue weighted by Gasteiger charge is -2.34. The molecule has 0 amide bonds. The van der Waals surface area contributed by atoms with Gasteiger partial charge in [0.15, 0.2) is 5.65 Å². The van der Waals surface area contributed by atoms with Crippen LogP contribution in [-0.4, -0.2) is 38.4 Å². The molecule has 0 atom stereocenters. The maximum absolute atomic E-state index is 12.7. The van der Waals surface area contributed by atoms with Gasteiger partial charge >= 0.3 is 0 Å². The van der Waals surface area contributed by atoms with E-state index in [1.807, 2.05) is 20.0 Å². The maximum atomic E-state index is 12.7. The maximum Gasteiger partial charge on any atom is 0.259 e. The molecule has 2 aromatic heterocycles. The van der Waals surface area contributed by atoms with Crippen molar-refractivity contribution in [3.8, 4) is 0 Å². The van der Waals surface area contributed by atoms with Gasteiger partial charge in [-0.1, -0.05) is 17.7 Å². The van der Waals surface area contributed by atoms with E-state index in [4.69, 9.17) is 5.10 Å². The minimum atomic E-state index is 0.0334. The van der Waals surface area contributed by atoms with Crippen LogP contribution < -0.4 is 5.56 Å². The summed E-state index contributed by atoms with van der Waals surface area (Å²) in [6.45, 7) is 8.75. The van der Waals surface area contributed by atoms with Crippen LogP contribution in [0, 0.1) is 6.92 Å². The van der Waals surface area contributed by atoms with Crippen LogP contribution in [0.15, 0.2) is 29.2 Å². The zero-order chi connectivity index (χ0) is 17.7. The number of aromatic nitrogens is 3. The van der Waals surface area contributed by atoms with Crippen LogP contribution in [0.4, 0.5) is 0 Å². The summed E-state index contributed by atoms with van der Waals surface area (Å²) < 4.78 is 3.79. The van der Waals surface area contributed by atoms with E-state index in [9.17, 15) is 4.79 Å². The molecular formula is C20H26N4O. The lowest BCUT2D eigenvalue weighted by Crippen LogP contribution is -2.39. The summed E-state index contributed by atoms with van der Waals surface area (Å²) in [7, 11) is 1.82. The molecule has 3 aromatic rings. The Kier molecular flexibility index (Phi) is 3.91. The molecule has 3 heterocycles. The van der Waals surface area contributed by atoms with Crippen LogP contribution >= 0.6 is 0 Å². The van der Waals surface area contributed by atoms with Crippen molar-refractivity contribution < 1.29 is 0 Å². The molecule has 25 heavy (non-hydrogen) atoms. The van der Waals surface area contributed by atoms with Gasteiger partial charge in [-0.15, -0.1) is 0 Å². The largest absolute Gasteiger partial charge is 0.301 e. The van der Waals surface area contributed by atoms with Gasteiger partial charge in [0.2, 0.25) is 0 Å². The summed E-state index contributed by atoms with van der Waals surface area (Å²) in [6.07, 6.45) is 4.36. The van der Waals surface area contributed by atoms with Gasteiger partial charge < -0.3 is 4.90 Å². The molecule has 1 aliphatic heterocycles. The first kappa shape index (κ1) is 16.3. The number of nitrogens with zero attached hydrogens (tertiary/aromatic N) is 4. The van der Waals surface area contributed by atoms with Crippen molar-refractivity contribution in [2.75, 3.05) is 13.1 Å². The third-order valence-corrected chi connectivity index (χ3v) is 5.63. The van der Waals surface area contributed by atoms with Crippen LogP contribution in [0.5, 0.6) is 0 Å². The Morgan fingerprint density at radius 1 is 1.12 bits per heavy atom. The van der Waals surface area contributed by atoms with Gasteiger partial charge in [0.25, 0.3) is 5.56 Å². The van der Waals surface area contributed by atoms with Gasteiger partial charge in [0, 0.05) is 43.1 Å². The monoisotopic (exact) mass is 338 g/mol. The van der Waals surface area contributed by atoms with E-state index < -0.39 is 0 Å². The van der Waals surface area contributed by atoms with E-state index in [1.54, 1.807) is 4.57 Å². The lowest BCUT2D eigenvalue weighted by molar-refractivity contribution is 0.147. The molecule has 0 saturated carbocycles. The normalized spacial score (nSPS) is 17.2. The van der Waals surface area contributed by atoms with Crippen LogP contribution in [-0.2, 0) is 7.05 Å². The van der Waals surface area contributed by atoms with E-state index in [0.717, 1.165) is 53.3 Å². The highest BCUT2D eigenvalue weighted by atomic mass is 16.1. The second-order valence-corrected chi connectivity index (χ2v) is 7.62. The zero-order valence-electron chi connectivity index (χ0n) is 15.5. The minimum absolute atomic E-state index is 0.0334. The van der Waals surface area contributed by atoms with Gasteiger partial charge in [-0.2, -0.15) is 5.10 Å². The predicted octanol–water partition coefficient (Wildman–Crippen LogP) is 3.24. The van der Waals surface area contributed by atoms with Crippen molar-refractivity contribution in [2.24, 2.45) is 7.05 Å². The van der Waals surface area contributed by atoms with Gasteiger partial charge in [0.1, 0.15) is 0 Å². The van der Waals surface area contributed by atoms with Crippen LogP contribution in [0.1, 0.15) is 38.3 Å². The fourth-order valence-corrected chi connectivity index (χ4v) is 4.02. The van der Waals surface area contributed by atoms with Gasteiger partial charge in [0.05, 0.1) is 6.04 Å². The molecule has 0 radical (unpaired) electrons. The van der Waals surface area contributed by atoms with E-state index in [1.165, 1.54) is 0 Å². The Bertz CT molecular complexity index is 990. The number of benzene rings is 1. The standard InChI is InChI=1S/C20H26N4O/c1-13(2)23-9-7-15(8-10-23)24-12-18-16-6-5-14(3)11-17(16)20(25)22(4)19(18)21-24/h5-6,11-13,15H,7-10H2,1-4H3. The highest BCUT2D eigenvalue weighted by molar-refractivity contribution is 6.04. The van der Waals surface area contributed by atoms with Crippen LogP contribution in [0.2, 0.25) is 0 Å². The number of hydrogen-bond donors (Lipinski definition) is 0. The first-order chi connectivity index (χ1) is 12.0. The molecule has 1 saturated heterocycles. The third-order valence-electron chi connectivity index (χ3n) is 5.63. The summed E-state index contributed by atoms with van der Waals surface area (Å²) in [5.41, 5.74) is 1.93. The Hall–Kier alpha value is -2.14. The van der Waals surface area contributed by atoms with E-state index in [0.29, 0.717) is 12.1 Å². The molecule has 0 spiro atoms. The molecule has 132 valence electrons. The van der Waals surface area contributed by atoms with Gasteiger partial charge in [-0.25, -0.2) is 0 Å². The number of aryl methyl sites for hydroxylation is 2. The summed E-state index contributed by atoms with van der Waals surface area (Å²) in [4.78, 5) is 15.2. The van der Waals surface area contributed by atoms with Crippen molar-refractivity contribution in [1.82, 2.24) is 19.2 Å². The molecule has 5 nitrogen and oxygen atoms in total. The topological polar surface area (TPSA) is 43.1 Å². The van der Waals surface area contributed by atoms with E-state index >= 15 is 0 Å². The molecule has 0 bridgehead atoms. The number of rotatable bonds is 2. The van der Waals surface area contributed by atoms with Crippen molar-refractivity contribution in [2.45, 2.75) is 45.7 Å². The Morgan fingerprint density at radius 2 is 1.84 bits per heavy atom.